The first-order valence-corrected chi connectivity index (χ1v) is 9.98. The Bertz CT molecular complexity index is 848. The molecule has 0 spiro atoms. The first kappa shape index (κ1) is 20.7. The number of methoxy groups -OCH3 is 1. The van der Waals surface area contributed by atoms with Gasteiger partial charge in [0.15, 0.2) is 0 Å². The van der Waals surface area contributed by atoms with Gasteiger partial charge in [0.2, 0.25) is 5.91 Å². The largest absolute Gasteiger partial charge is 0.497 e. The number of para-hydroxylation sites is 1. The first-order valence-electron chi connectivity index (χ1n) is 9.98. The van der Waals surface area contributed by atoms with Gasteiger partial charge in [0.05, 0.1) is 19.1 Å². The van der Waals surface area contributed by atoms with Crippen molar-refractivity contribution in [1.82, 2.24) is 4.90 Å². The van der Waals surface area contributed by atoms with E-state index in [0.29, 0.717) is 13.1 Å². The molecule has 1 N–H and O–H groups in total. The number of carbonyl (C=O) groups excluding carboxylic acids is 2. The van der Waals surface area contributed by atoms with Crippen LogP contribution >= 0.6 is 0 Å². The van der Waals surface area contributed by atoms with E-state index in [2.05, 4.69) is 5.32 Å². The number of hydrogen-bond acceptors (Lipinski definition) is 4. The van der Waals surface area contributed by atoms with Crippen molar-refractivity contribution in [2.45, 2.75) is 32.8 Å². The van der Waals surface area contributed by atoms with Gasteiger partial charge in [0, 0.05) is 24.3 Å². The van der Waals surface area contributed by atoms with Crippen molar-refractivity contribution < 1.29 is 19.1 Å². The highest BCUT2D eigenvalue weighted by molar-refractivity contribution is 5.97. The third kappa shape index (κ3) is 5.28. The molecule has 6 nitrogen and oxygen atoms in total. The van der Waals surface area contributed by atoms with Crippen molar-refractivity contribution in [2.24, 2.45) is 5.92 Å². The monoisotopic (exact) mass is 396 g/mol. The van der Waals surface area contributed by atoms with E-state index < -0.39 is 0 Å². The van der Waals surface area contributed by atoms with Crippen LogP contribution in [0.5, 0.6) is 5.75 Å². The van der Waals surface area contributed by atoms with Crippen LogP contribution in [0, 0.1) is 5.92 Å². The van der Waals surface area contributed by atoms with E-state index in [1.54, 1.807) is 12.0 Å². The van der Waals surface area contributed by atoms with E-state index >= 15 is 0 Å². The summed E-state index contributed by atoms with van der Waals surface area (Å²) < 4.78 is 10.5. The third-order valence-corrected chi connectivity index (χ3v) is 4.97. The molecule has 1 atom stereocenters. The maximum atomic E-state index is 12.9. The third-order valence-electron chi connectivity index (χ3n) is 4.97. The molecule has 154 valence electrons. The summed E-state index contributed by atoms with van der Waals surface area (Å²) in [6.07, 6.45) is 1.01. The predicted molar refractivity (Wildman–Crippen MR) is 113 cm³/mol. The molecule has 0 bridgehead atoms. The van der Waals surface area contributed by atoms with Gasteiger partial charge < -0.3 is 19.7 Å². The maximum Gasteiger partial charge on any atom is 0.410 e. The molecule has 1 aliphatic heterocycles. The Morgan fingerprint density at radius 3 is 2.52 bits per heavy atom. The molecule has 6 heteroatoms. The smallest absolute Gasteiger partial charge is 0.410 e. The van der Waals surface area contributed by atoms with Gasteiger partial charge in [0.1, 0.15) is 5.75 Å². The van der Waals surface area contributed by atoms with Gasteiger partial charge in [-0.25, -0.2) is 4.79 Å². The number of piperidine rings is 1. The summed E-state index contributed by atoms with van der Waals surface area (Å²) >= 11 is 0. The summed E-state index contributed by atoms with van der Waals surface area (Å²) in [7, 11) is 1.63. The Hall–Kier alpha value is -3.02. The standard InChI is InChI=1S/C23H28N2O4/c1-16(2)29-23(27)25-14-6-7-18(15-25)22(26)24-21-9-5-4-8-20(21)17-10-12-19(28-3)13-11-17/h4-5,8-13,16,18H,6-7,14-15H2,1-3H3,(H,24,26). The zero-order valence-corrected chi connectivity index (χ0v) is 17.2. The van der Waals surface area contributed by atoms with Crippen LogP contribution in [0.15, 0.2) is 48.5 Å². The summed E-state index contributed by atoms with van der Waals surface area (Å²) in [5.41, 5.74) is 2.69. The fourth-order valence-corrected chi connectivity index (χ4v) is 3.48. The number of rotatable bonds is 5. The number of ether oxygens (including phenoxy) is 2. The van der Waals surface area contributed by atoms with Crippen molar-refractivity contribution in [3.63, 3.8) is 0 Å². The molecule has 3 rings (SSSR count). The van der Waals surface area contributed by atoms with Crippen molar-refractivity contribution in [3.8, 4) is 16.9 Å². The normalized spacial score (nSPS) is 16.4. The lowest BCUT2D eigenvalue weighted by atomic mass is 9.96. The van der Waals surface area contributed by atoms with Crippen LogP contribution in [-0.4, -0.2) is 43.2 Å². The van der Waals surface area contributed by atoms with Crippen molar-refractivity contribution in [3.05, 3.63) is 48.5 Å². The summed E-state index contributed by atoms with van der Waals surface area (Å²) in [6, 6.07) is 15.4. The predicted octanol–water partition coefficient (Wildman–Crippen LogP) is 4.56. The van der Waals surface area contributed by atoms with Crippen LogP contribution < -0.4 is 10.1 Å². The highest BCUT2D eigenvalue weighted by atomic mass is 16.6. The zero-order chi connectivity index (χ0) is 20.8. The van der Waals surface area contributed by atoms with Crippen LogP contribution in [0.25, 0.3) is 11.1 Å². The highest BCUT2D eigenvalue weighted by Gasteiger charge is 2.29. The Morgan fingerprint density at radius 1 is 1.10 bits per heavy atom. The number of anilines is 1. The molecule has 1 fully saturated rings. The van der Waals surface area contributed by atoms with E-state index in [1.165, 1.54) is 0 Å². The number of nitrogens with zero attached hydrogens (tertiary/aromatic N) is 1. The molecule has 1 saturated heterocycles. The van der Waals surface area contributed by atoms with Gasteiger partial charge in [-0.1, -0.05) is 30.3 Å². The zero-order valence-electron chi connectivity index (χ0n) is 17.2. The van der Waals surface area contributed by atoms with E-state index in [-0.39, 0.29) is 24.0 Å². The highest BCUT2D eigenvalue weighted by Crippen LogP contribution is 2.30. The topological polar surface area (TPSA) is 67.9 Å². The summed E-state index contributed by atoms with van der Waals surface area (Å²) in [6.45, 7) is 4.64. The number of likely N-dealkylation sites (tertiary alicyclic amines) is 1. The molecule has 0 saturated carbocycles. The number of nitrogens with one attached hydrogen (secondary N) is 1. The lowest BCUT2D eigenvalue weighted by Gasteiger charge is -2.32. The molecular formula is C23H28N2O4. The van der Waals surface area contributed by atoms with Gasteiger partial charge >= 0.3 is 6.09 Å². The number of hydrogen-bond donors (Lipinski definition) is 1. The van der Waals surface area contributed by atoms with E-state index in [4.69, 9.17) is 9.47 Å². The molecule has 29 heavy (non-hydrogen) atoms. The van der Waals surface area contributed by atoms with E-state index in [1.807, 2.05) is 62.4 Å². The molecule has 2 amide bonds. The fourth-order valence-electron chi connectivity index (χ4n) is 3.48. The Kier molecular flexibility index (Phi) is 6.75. The second kappa shape index (κ2) is 9.45. The second-order valence-electron chi connectivity index (χ2n) is 7.48. The number of benzene rings is 2. The first-order chi connectivity index (χ1) is 14.0. The van der Waals surface area contributed by atoms with E-state index in [0.717, 1.165) is 35.4 Å². The van der Waals surface area contributed by atoms with Gasteiger partial charge in [0.25, 0.3) is 0 Å². The van der Waals surface area contributed by atoms with E-state index in [9.17, 15) is 9.59 Å². The average molecular weight is 396 g/mol. The van der Waals surface area contributed by atoms with Gasteiger partial charge in [-0.05, 0) is 50.5 Å². The van der Waals surface area contributed by atoms with Gasteiger partial charge in [-0.2, -0.15) is 0 Å². The van der Waals surface area contributed by atoms with Crippen molar-refractivity contribution in [2.75, 3.05) is 25.5 Å². The lowest BCUT2D eigenvalue weighted by Crippen LogP contribution is -2.44. The van der Waals surface area contributed by atoms with Crippen LogP contribution in [0.3, 0.4) is 0 Å². The summed E-state index contributed by atoms with van der Waals surface area (Å²) in [4.78, 5) is 26.7. The van der Waals surface area contributed by atoms with Crippen molar-refractivity contribution in [1.29, 1.82) is 0 Å². The number of amides is 2. The molecule has 1 aliphatic rings. The Labute approximate surface area is 171 Å². The molecule has 0 radical (unpaired) electrons. The Morgan fingerprint density at radius 2 is 1.83 bits per heavy atom. The summed E-state index contributed by atoms with van der Waals surface area (Å²) in [5.74, 6) is 0.450. The number of carbonyl (C=O) groups is 2. The fraction of sp³-hybridized carbons (Fsp3) is 0.391. The molecular weight excluding hydrogens is 368 g/mol. The molecule has 1 heterocycles. The lowest BCUT2D eigenvalue weighted by molar-refractivity contribution is -0.121. The van der Waals surface area contributed by atoms with Crippen LogP contribution in [-0.2, 0) is 9.53 Å². The van der Waals surface area contributed by atoms with Gasteiger partial charge in [-0.3, -0.25) is 4.79 Å². The van der Waals surface area contributed by atoms with Crippen molar-refractivity contribution >= 4 is 17.7 Å². The molecule has 2 aromatic rings. The molecule has 2 aromatic carbocycles. The second-order valence-corrected chi connectivity index (χ2v) is 7.48. The molecule has 1 unspecified atom stereocenters. The van der Waals surface area contributed by atoms with Crippen LogP contribution in [0.2, 0.25) is 0 Å². The van der Waals surface area contributed by atoms with Crippen LogP contribution in [0.4, 0.5) is 10.5 Å². The van der Waals surface area contributed by atoms with Gasteiger partial charge in [-0.15, -0.1) is 0 Å². The Balaban J connectivity index is 1.71. The summed E-state index contributed by atoms with van der Waals surface area (Å²) in [5, 5.41) is 3.06. The molecule has 0 aliphatic carbocycles. The molecule has 0 aromatic heterocycles. The minimum absolute atomic E-state index is 0.0759. The minimum atomic E-state index is -0.351. The van der Waals surface area contributed by atoms with Crippen LogP contribution in [0.1, 0.15) is 26.7 Å². The SMILES string of the molecule is COc1ccc(-c2ccccc2NC(=O)C2CCCN(C(=O)OC(C)C)C2)cc1. The quantitative estimate of drug-likeness (QED) is 0.805. The minimum Gasteiger partial charge on any atom is -0.497 e. The average Bonchev–Trinajstić information content (AvgIpc) is 2.74. The maximum absolute atomic E-state index is 12.9.